The molecular weight excluding hydrogens is 177 g/mol. The summed E-state index contributed by atoms with van der Waals surface area (Å²) in [6.07, 6.45) is 5.69. The fourth-order valence-electron chi connectivity index (χ4n) is 2.55. The Morgan fingerprint density at radius 2 is 2.14 bits per heavy atom. The molecule has 0 amide bonds. The molecule has 0 heterocycles. The zero-order chi connectivity index (χ0) is 10.8. The largest absolute Gasteiger partial charge is 0.325 e. The molecule has 84 valence electrons. The maximum atomic E-state index is 14.3. The van der Waals surface area contributed by atoms with Gasteiger partial charge in [-0.2, -0.15) is 0 Å². The Morgan fingerprint density at radius 1 is 1.50 bits per heavy atom. The summed E-state index contributed by atoms with van der Waals surface area (Å²) < 4.78 is 14.3. The van der Waals surface area contributed by atoms with Crippen molar-refractivity contribution in [1.82, 2.24) is 0 Å². The lowest BCUT2D eigenvalue weighted by Crippen LogP contribution is -2.47. The zero-order valence-electron chi connectivity index (χ0n) is 9.72. The molecule has 1 aliphatic carbocycles. The van der Waals surface area contributed by atoms with Crippen LogP contribution < -0.4 is 5.73 Å². The highest BCUT2D eigenvalue weighted by molar-refractivity contribution is 4.92. The molecular formula is C12H24FN. The van der Waals surface area contributed by atoms with Gasteiger partial charge < -0.3 is 5.73 Å². The van der Waals surface area contributed by atoms with Crippen molar-refractivity contribution >= 4 is 0 Å². The average Bonchev–Trinajstić information content (AvgIpc) is 2.17. The SMILES string of the molecule is CCC1CCCC(C(C)(F)C(C)N)C1. The smallest absolute Gasteiger partial charge is 0.125 e. The van der Waals surface area contributed by atoms with Gasteiger partial charge in [-0.25, -0.2) is 4.39 Å². The molecule has 0 bridgehead atoms. The van der Waals surface area contributed by atoms with Gasteiger partial charge in [0.2, 0.25) is 0 Å². The van der Waals surface area contributed by atoms with Gasteiger partial charge in [0, 0.05) is 6.04 Å². The Labute approximate surface area is 87.3 Å². The second kappa shape index (κ2) is 4.61. The Balaban J connectivity index is 2.59. The minimum Gasteiger partial charge on any atom is -0.325 e. The third kappa shape index (κ3) is 2.47. The molecule has 2 heteroatoms. The van der Waals surface area contributed by atoms with E-state index in [1.54, 1.807) is 13.8 Å². The van der Waals surface area contributed by atoms with E-state index >= 15 is 0 Å². The Kier molecular flexibility index (Phi) is 3.94. The summed E-state index contributed by atoms with van der Waals surface area (Å²) in [6, 6.07) is -0.344. The van der Waals surface area contributed by atoms with Crippen molar-refractivity contribution in [2.45, 2.75) is 64.6 Å². The van der Waals surface area contributed by atoms with Crippen molar-refractivity contribution in [2.75, 3.05) is 0 Å². The first-order chi connectivity index (χ1) is 6.48. The Morgan fingerprint density at radius 3 is 2.64 bits per heavy atom. The molecule has 2 N–H and O–H groups in total. The summed E-state index contributed by atoms with van der Waals surface area (Å²) in [5.41, 5.74) is 4.54. The van der Waals surface area contributed by atoms with Crippen LogP contribution in [0.1, 0.15) is 52.9 Å². The van der Waals surface area contributed by atoms with E-state index in [9.17, 15) is 4.39 Å². The Bertz CT molecular complexity index is 177. The molecule has 0 radical (unpaired) electrons. The van der Waals surface area contributed by atoms with Crippen LogP contribution in [0.15, 0.2) is 0 Å². The molecule has 1 nitrogen and oxygen atoms in total. The minimum atomic E-state index is -1.17. The third-order valence-corrected chi connectivity index (χ3v) is 4.05. The van der Waals surface area contributed by atoms with Gasteiger partial charge >= 0.3 is 0 Å². The molecule has 0 aromatic carbocycles. The van der Waals surface area contributed by atoms with Crippen LogP contribution in [0.5, 0.6) is 0 Å². The topological polar surface area (TPSA) is 26.0 Å². The minimum absolute atomic E-state index is 0.182. The summed E-state index contributed by atoms with van der Waals surface area (Å²) in [5.74, 6) is 0.906. The molecule has 1 saturated carbocycles. The number of hydrogen-bond acceptors (Lipinski definition) is 1. The van der Waals surface area contributed by atoms with Crippen LogP contribution in [0.3, 0.4) is 0 Å². The molecule has 1 rings (SSSR count). The van der Waals surface area contributed by atoms with E-state index < -0.39 is 5.67 Å². The second-order valence-electron chi connectivity index (χ2n) is 5.08. The third-order valence-electron chi connectivity index (χ3n) is 4.05. The molecule has 0 spiro atoms. The van der Waals surface area contributed by atoms with Crippen molar-refractivity contribution in [3.8, 4) is 0 Å². The van der Waals surface area contributed by atoms with Crippen molar-refractivity contribution in [3.63, 3.8) is 0 Å². The first kappa shape index (κ1) is 12.0. The van der Waals surface area contributed by atoms with E-state index in [-0.39, 0.29) is 12.0 Å². The molecule has 0 aromatic rings. The van der Waals surface area contributed by atoms with Gasteiger partial charge in [-0.3, -0.25) is 0 Å². The lowest BCUT2D eigenvalue weighted by molar-refractivity contribution is 0.0379. The lowest BCUT2D eigenvalue weighted by atomic mass is 9.71. The standard InChI is InChI=1S/C12H24FN/c1-4-10-6-5-7-11(8-10)12(3,13)9(2)14/h9-11H,4-8,14H2,1-3H3. The van der Waals surface area contributed by atoms with Crippen LogP contribution in [0.2, 0.25) is 0 Å². The quantitative estimate of drug-likeness (QED) is 0.745. The zero-order valence-corrected chi connectivity index (χ0v) is 9.72. The molecule has 4 atom stereocenters. The number of halogens is 1. The Hall–Kier alpha value is -0.110. The van der Waals surface area contributed by atoms with E-state index in [0.717, 1.165) is 18.8 Å². The highest BCUT2D eigenvalue weighted by atomic mass is 19.1. The van der Waals surface area contributed by atoms with Gasteiger partial charge in [0.25, 0.3) is 0 Å². The maximum Gasteiger partial charge on any atom is 0.125 e. The molecule has 0 aliphatic heterocycles. The summed E-state index contributed by atoms with van der Waals surface area (Å²) in [5, 5.41) is 0. The highest BCUT2D eigenvalue weighted by Crippen LogP contribution is 2.40. The molecule has 4 unspecified atom stereocenters. The van der Waals surface area contributed by atoms with Crippen molar-refractivity contribution in [1.29, 1.82) is 0 Å². The average molecular weight is 201 g/mol. The van der Waals surface area contributed by atoms with Crippen molar-refractivity contribution < 1.29 is 4.39 Å². The maximum absolute atomic E-state index is 14.3. The number of nitrogens with two attached hydrogens (primary N) is 1. The van der Waals surface area contributed by atoms with Crippen molar-refractivity contribution in [2.24, 2.45) is 17.6 Å². The van der Waals surface area contributed by atoms with Crippen LogP contribution in [0.25, 0.3) is 0 Å². The van der Waals surface area contributed by atoms with Crippen molar-refractivity contribution in [3.05, 3.63) is 0 Å². The van der Waals surface area contributed by atoms with Gasteiger partial charge in [-0.1, -0.05) is 26.2 Å². The van der Waals surface area contributed by atoms with E-state index in [0.29, 0.717) is 0 Å². The summed E-state index contributed by atoms with van der Waals surface area (Å²) >= 11 is 0. The van der Waals surface area contributed by atoms with Crippen LogP contribution >= 0.6 is 0 Å². The van der Waals surface area contributed by atoms with Gasteiger partial charge in [-0.15, -0.1) is 0 Å². The highest BCUT2D eigenvalue weighted by Gasteiger charge is 2.39. The predicted molar refractivity (Wildman–Crippen MR) is 58.9 cm³/mol. The fraction of sp³-hybridized carbons (Fsp3) is 1.00. The molecule has 1 aliphatic rings. The predicted octanol–water partition coefficient (Wildman–Crippen LogP) is 3.28. The van der Waals surface area contributed by atoms with Crippen LogP contribution in [0.4, 0.5) is 4.39 Å². The number of alkyl halides is 1. The van der Waals surface area contributed by atoms with Gasteiger partial charge in [0.05, 0.1) is 0 Å². The van der Waals surface area contributed by atoms with Crippen LogP contribution in [-0.4, -0.2) is 11.7 Å². The normalized spacial score (nSPS) is 34.9. The van der Waals surface area contributed by atoms with E-state index in [4.69, 9.17) is 5.73 Å². The second-order valence-corrected chi connectivity index (χ2v) is 5.08. The van der Waals surface area contributed by atoms with Gasteiger partial charge in [-0.05, 0) is 38.5 Å². The number of rotatable bonds is 3. The van der Waals surface area contributed by atoms with Gasteiger partial charge in [0.15, 0.2) is 0 Å². The van der Waals surface area contributed by atoms with Gasteiger partial charge in [0.1, 0.15) is 5.67 Å². The summed E-state index contributed by atoms with van der Waals surface area (Å²) in [6.45, 7) is 5.67. The first-order valence-corrected chi connectivity index (χ1v) is 5.93. The fourth-order valence-corrected chi connectivity index (χ4v) is 2.55. The molecule has 14 heavy (non-hydrogen) atoms. The van der Waals surface area contributed by atoms with Crippen LogP contribution in [-0.2, 0) is 0 Å². The van der Waals surface area contributed by atoms with E-state index in [2.05, 4.69) is 6.92 Å². The lowest BCUT2D eigenvalue weighted by Gasteiger charge is -2.39. The van der Waals surface area contributed by atoms with E-state index in [1.165, 1.54) is 19.3 Å². The first-order valence-electron chi connectivity index (χ1n) is 5.93. The van der Waals surface area contributed by atoms with Crippen LogP contribution in [0, 0.1) is 11.8 Å². The monoisotopic (exact) mass is 201 g/mol. The molecule has 1 fully saturated rings. The molecule has 0 saturated heterocycles. The molecule has 0 aromatic heterocycles. The van der Waals surface area contributed by atoms with E-state index in [1.807, 2.05) is 0 Å². The summed E-state index contributed by atoms with van der Waals surface area (Å²) in [4.78, 5) is 0. The summed E-state index contributed by atoms with van der Waals surface area (Å²) in [7, 11) is 0. The number of hydrogen-bond donors (Lipinski definition) is 1.